The molecule has 1 aromatic carbocycles. The maximum absolute atomic E-state index is 13.3. The molecule has 54 heavy (non-hydrogen) atoms. The van der Waals surface area contributed by atoms with Crippen molar-refractivity contribution in [3.63, 3.8) is 0 Å². The first-order chi connectivity index (χ1) is 26.6. The molecule has 1 aromatic rings. The zero-order valence-electron chi connectivity index (χ0n) is 36.3. The van der Waals surface area contributed by atoms with Gasteiger partial charge >= 0.3 is 0 Å². The Hall–Kier alpha value is -2.04. The van der Waals surface area contributed by atoms with Gasteiger partial charge in [0.2, 0.25) is 0 Å². The Morgan fingerprint density at radius 3 is 1.09 bits per heavy atom. The summed E-state index contributed by atoms with van der Waals surface area (Å²) in [4.78, 5) is 26.3. The minimum Gasteiger partial charge on any atom is -0.493 e. The second-order valence-electron chi connectivity index (χ2n) is 16.4. The van der Waals surface area contributed by atoms with Crippen molar-refractivity contribution in [2.75, 3.05) is 19.7 Å². The van der Waals surface area contributed by atoms with Crippen molar-refractivity contribution in [1.82, 2.24) is 10.6 Å². The molecule has 0 aliphatic heterocycles. The highest BCUT2D eigenvalue weighted by molar-refractivity contribution is 6.00. The fraction of sp³-hybridized carbons (Fsp3) is 0.837. The monoisotopic (exact) mass is 755 g/mol. The summed E-state index contributed by atoms with van der Waals surface area (Å²) in [6.07, 6.45) is 45.5. The van der Waals surface area contributed by atoms with Crippen LogP contribution < -0.4 is 15.4 Å². The molecule has 0 spiro atoms. The Labute approximate surface area is 336 Å². The number of amides is 2. The van der Waals surface area contributed by atoms with Crippen LogP contribution in [0, 0.1) is 0 Å². The quantitative estimate of drug-likeness (QED) is 0.0654. The van der Waals surface area contributed by atoms with Crippen LogP contribution in [0.5, 0.6) is 5.75 Å². The molecule has 5 nitrogen and oxygen atoms in total. The third-order valence-electron chi connectivity index (χ3n) is 11.1. The van der Waals surface area contributed by atoms with E-state index in [4.69, 9.17) is 4.74 Å². The SMILES string of the molecule is CCCCCCCCCCCCCCCCNC(=O)c1ccc(C(=O)NCCCCCCCCCCCCCCCC)c(OCCCCCCCCC)c1. The predicted octanol–water partition coefficient (Wildman–Crippen LogP) is 15.2. The molecule has 0 unspecified atom stereocenters. The van der Waals surface area contributed by atoms with E-state index in [1.165, 1.54) is 186 Å². The van der Waals surface area contributed by atoms with Gasteiger partial charge in [-0.2, -0.15) is 0 Å². The maximum atomic E-state index is 13.3. The van der Waals surface area contributed by atoms with Crippen LogP contribution in [0.4, 0.5) is 0 Å². The summed E-state index contributed by atoms with van der Waals surface area (Å²) in [5.74, 6) is 0.344. The summed E-state index contributed by atoms with van der Waals surface area (Å²) >= 11 is 0. The van der Waals surface area contributed by atoms with E-state index in [-0.39, 0.29) is 11.8 Å². The number of rotatable bonds is 41. The fourth-order valence-electron chi connectivity index (χ4n) is 7.45. The third kappa shape index (κ3) is 30.2. The van der Waals surface area contributed by atoms with Crippen molar-refractivity contribution in [3.8, 4) is 5.75 Å². The number of carbonyl (C=O) groups is 2. The molecule has 0 aromatic heterocycles. The number of ether oxygens (including phenoxy) is 1. The van der Waals surface area contributed by atoms with Crippen molar-refractivity contribution in [2.45, 2.75) is 245 Å². The number of hydrogen-bond donors (Lipinski definition) is 2. The van der Waals surface area contributed by atoms with E-state index in [9.17, 15) is 9.59 Å². The van der Waals surface area contributed by atoms with Crippen molar-refractivity contribution in [2.24, 2.45) is 0 Å². The second-order valence-corrected chi connectivity index (χ2v) is 16.4. The summed E-state index contributed by atoms with van der Waals surface area (Å²) in [7, 11) is 0. The van der Waals surface area contributed by atoms with Crippen LogP contribution in [-0.2, 0) is 0 Å². The van der Waals surface area contributed by atoms with Crippen LogP contribution >= 0.6 is 0 Å². The van der Waals surface area contributed by atoms with E-state index in [2.05, 4.69) is 31.4 Å². The van der Waals surface area contributed by atoms with E-state index in [1.54, 1.807) is 18.2 Å². The molecular formula is C49H90N2O3. The fourth-order valence-corrected chi connectivity index (χ4v) is 7.45. The molecular weight excluding hydrogens is 665 g/mol. The first kappa shape index (κ1) is 50.0. The summed E-state index contributed by atoms with van der Waals surface area (Å²) in [6, 6.07) is 5.34. The van der Waals surface area contributed by atoms with E-state index in [0.717, 1.165) is 38.5 Å². The molecule has 1 rings (SSSR count). The lowest BCUT2D eigenvalue weighted by atomic mass is 10.0. The Morgan fingerprint density at radius 1 is 0.407 bits per heavy atom. The molecule has 0 aliphatic rings. The second kappa shape index (κ2) is 39.2. The minimum atomic E-state index is -0.103. The molecule has 2 amide bonds. The molecule has 0 atom stereocenters. The lowest BCUT2D eigenvalue weighted by molar-refractivity contribution is 0.0937. The van der Waals surface area contributed by atoms with E-state index >= 15 is 0 Å². The van der Waals surface area contributed by atoms with Gasteiger partial charge in [0.05, 0.1) is 12.2 Å². The van der Waals surface area contributed by atoms with Gasteiger partial charge in [0.25, 0.3) is 11.8 Å². The molecule has 0 saturated carbocycles. The molecule has 0 bridgehead atoms. The summed E-state index contributed by atoms with van der Waals surface area (Å²) in [5, 5.41) is 6.23. The maximum Gasteiger partial charge on any atom is 0.255 e. The lowest BCUT2D eigenvalue weighted by Crippen LogP contribution is -2.26. The van der Waals surface area contributed by atoms with Gasteiger partial charge in [0.1, 0.15) is 5.75 Å². The van der Waals surface area contributed by atoms with Crippen molar-refractivity contribution in [1.29, 1.82) is 0 Å². The summed E-state index contributed by atoms with van der Waals surface area (Å²) < 4.78 is 6.20. The topological polar surface area (TPSA) is 67.4 Å². The van der Waals surface area contributed by atoms with Crippen LogP contribution in [0.15, 0.2) is 18.2 Å². The smallest absolute Gasteiger partial charge is 0.255 e. The van der Waals surface area contributed by atoms with Crippen LogP contribution in [-0.4, -0.2) is 31.5 Å². The summed E-state index contributed by atoms with van der Waals surface area (Å²) in [5.41, 5.74) is 1.10. The molecule has 2 N–H and O–H groups in total. The molecule has 0 aliphatic carbocycles. The van der Waals surface area contributed by atoms with Gasteiger partial charge in [-0.05, 0) is 37.5 Å². The first-order valence-corrected chi connectivity index (χ1v) is 24.0. The molecule has 314 valence electrons. The van der Waals surface area contributed by atoms with Gasteiger partial charge in [-0.15, -0.1) is 0 Å². The summed E-state index contributed by atoms with van der Waals surface area (Å²) in [6.45, 7) is 8.74. The Bertz CT molecular complexity index is 980. The van der Waals surface area contributed by atoms with Gasteiger partial charge < -0.3 is 15.4 Å². The number of carbonyl (C=O) groups excluding carboxylic acids is 2. The number of benzene rings is 1. The number of nitrogens with one attached hydrogen (secondary N) is 2. The highest BCUT2D eigenvalue weighted by Gasteiger charge is 2.16. The van der Waals surface area contributed by atoms with Gasteiger partial charge in [-0.3, -0.25) is 9.59 Å². The molecule has 0 fully saturated rings. The Balaban J connectivity index is 2.36. The van der Waals surface area contributed by atoms with Gasteiger partial charge in [-0.1, -0.05) is 226 Å². The normalized spacial score (nSPS) is 11.2. The lowest BCUT2D eigenvalue weighted by Gasteiger charge is -2.14. The molecule has 0 heterocycles. The highest BCUT2D eigenvalue weighted by atomic mass is 16.5. The van der Waals surface area contributed by atoms with Crippen LogP contribution in [0.25, 0.3) is 0 Å². The predicted molar refractivity (Wildman–Crippen MR) is 235 cm³/mol. The van der Waals surface area contributed by atoms with Crippen LogP contribution in [0.2, 0.25) is 0 Å². The number of unbranched alkanes of at least 4 members (excludes halogenated alkanes) is 32. The zero-order chi connectivity index (χ0) is 39.0. The van der Waals surface area contributed by atoms with Gasteiger partial charge in [0, 0.05) is 18.7 Å². The van der Waals surface area contributed by atoms with Crippen molar-refractivity contribution >= 4 is 11.8 Å². The average molecular weight is 755 g/mol. The first-order valence-electron chi connectivity index (χ1n) is 24.0. The Kier molecular flexibility index (Phi) is 36.3. The highest BCUT2D eigenvalue weighted by Crippen LogP contribution is 2.22. The Morgan fingerprint density at radius 2 is 0.722 bits per heavy atom. The van der Waals surface area contributed by atoms with E-state index in [1.807, 2.05) is 0 Å². The van der Waals surface area contributed by atoms with Gasteiger partial charge in [0.15, 0.2) is 0 Å². The molecule has 5 heteroatoms. The van der Waals surface area contributed by atoms with Crippen molar-refractivity contribution in [3.05, 3.63) is 29.3 Å². The zero-order valence-corrected chi connectivity index (χ0v) is 36.3. The molecule has 0 radical (unpaired) electrons. The van der Waals surface area contributed by atoms with Crippen LogP contribution in [0.1, 0.15) is 266 Å². The van der Waals surface area contributed by atoms with Crippen molar-refractivity contribution < 1.29 is 14.3 Å². The molecule has 0 saturated heterocycles. The van der Waals surface area contributed by atoms with E-state index in [0.29, 0.717) is 36.6 Å². The largest absolute Gasteiger partial charge is 0.493 e. The third-order valence-corrected chi connectivity index (χ3v) is 11.1. The minimum absolute atomic E-state index is 0.0835. The average Bonchev–Trinajstić information content (AvgIpc) is 3.18. The standard InChI is InChI=1S/C49H90N2O3/c1-4-7-10-13-16-18-20-22-24-26-28-30-33-36-41-50-48(52)45-39-40-46(47(44-45)54-43-38-35-32-15-12-9-6-3)49(53)51-42-37-34-31-29-27-25-23-21-19-17-14-11-8-5-2/h39-40,44H,4-38,41-43H2,1-3H3,(H,50,52)(H,51,53). The van der Waals surface area contributed by atoms with Crippen LogP contribution in [0.3, 0.4) is 0 Å². The number of hydrogen-bond acceptors (Lipinski definition) is 3. The van der Waals surface area contributed by atoms with Gasteiger partial charge in [-0.25, -0.2) is 0 Å². The van der Waals surface area contributed by atoms with E-state index < -0.39 is 0 Å².